The first kappa shape index (κ1) is 23.5. The highest BCUT2D eigenvalue weighted by molar-refractivity contribution is 5.85. The first-order valence-electron chi connectivity index (χ1n) is 11.2. The van der Waals surface area contributed by atoms with E-state index in [9.17, 15) is 4.79 Å². The van der Waals surface area contributed by atoms with Gasteiger partial charge in [-0.05, 0) is 51.4 Å². The van der Waals surface area contributed by atoms with E-state index >= 15 is 0 Å². The van der Waals surface area contributed by atoms with Gasteiger partial charge >= 0.3 is 6.09 Å². The first-order chi connectivity index (χ1) is 14.2. The van der Waals surface area contributed by atoms with E-state index in [1.807, 2.05) is 31.2 Å². The fourth-order valence-electron chi connectivity index (χ4n) is 3.48. The molecule has 6 heteroatoms. The normalized spacial score (nSPS) is 15.7. The topological polar surface area (TPSA) is 60.0 Å². The standard InChI is InChI=1S/C23H38N2O4/c1-3-5-6-10-16-28-21-13-11-12-20(17-21)24-23(26)29-22(19-27-4-2)18-25-14-8-7-9-15-25/h11-13,17,22H,3-10,14-16,18-19H2,1-2H3,(H,24,26). The van der Waals surface area contributed by atoms with Gasteiger partial charge in [0.25, 0.3) is 0 Å². The van der Waals surface area contributed by atoms with Crippen LogP contribution in [0.2, 0.25) is 0 Å². The quantitative estimate of drug-likeness (QED) is 0.463. The summed E-state index contributed by atoms with van der Waals surface area (Å²) >= 11 is 0. The maximum atomic E-state index is 12.4. The number of nitrogens with one attached hydrogen (secondary N) is 1. The SMILES string of the molecule is CCCCCCOc1cccc(NC(=O)OC(COCC)CN2CCCCC2)c1. The van der Waals surface area contributed by atoms with E-state index < -0.39 is 6.09 Å². The molecule has 2 rings (SSSR count). The van der Waals surface area contributed by atoms with Gasteiger partial charge in [-0.25, -0.2) is 4.79 Å². The molecule has 29 heavy (non-hydrogen) atoms. The van der Waals surface area contributed by atoms with E-state index in [0.29, 0.717) is 32.1 Å². The third-order valence-electron chi connectivity index (χ3n) is 5.04. The third-order valence-corrected chi connectivity index (χ3v) is 5.04. The zero-order valence-electron chi connectivity index (χ0n) is 18.2. The van der Waals surface area contributed by atoms with E-state index in [0.717, 1.165) is 25.3 Å². The predicted molar refractivity (Wildman–Crippen MR) is 117 cm³/mol. The van der Waals surface area contributed by atoms with Crippen molar-refractivity contribution < 1.29 is 19.0 Å². The van der Waals surface area contributed by atoms with E-state index in [1.54, 1.807) is 0 Å². The zero-order chi connectivity index (χ0) is 20.7. The second-order valence-electron chi connectivity index (χ2n) is 7.61. The third kappa shape index (κ3) is 9.99. The van der Waals surface area contributed by atoms with Crippen LogP contribution in [0.15, 0.2) is 24.3 Å². The molecule has 0 radical (unpaired) electrons. The lowest BCUT2D eigenvalue weighted by Gasteiger charge is -2.30. The van der Waals surface area contributed by atoms with Crippen molar-refractivity contribution in [2.75, 3.05) is 44.8 Å². The summed E-state index contributed by atoms with van der Waals surface area (Å²) in [6.07, 6.45) is 7.64. The van der Waals surface area contributed by atoms with Gasteiger partial charge in [-0.1, -0.05) is 38.7 Å². The molecule has 164 valence electrons. The molecule has 1 atom stereocenters. The number of ether oxygens (including phenoxy) is 3. The number of hydrogen-bond donors (Lipinski definition) is 1. The van der Waals surface area contributed by atoms with Gasteiger partial charge in [0.05, 0.1) is 13.2 Å². The van der Waals surface area contributed by atoms with Crippen molar-refractivity contribution in [2.45, 2.75) is 64.9 Å². The average Bonchev–Trinajstić information content (AvgIpc) is 2.73. The second-order valence-corrected chi connectivity index (χ2v) is 7.61. The molecule has 1 fully saturated rings. The van der Waals surface area contributed by atoms with Crippen LogP contribution in [0.4, 0.5) is 10.5 Å². The molecule has 0 bridgehead atoms. The number of carbonyl (C=O) groups is 1. The molecule has 1 heterocycles. The highest BCUT2D eigenvalue weighted by atomic mass is 16.6. The number of unbranched alkanes of at least 4 members (excludes halogenated alkanes) is 3. The van der Waals surface area contributed by atoms with Crippen LogP contribution in [-0.4, -0.2) is 56.6 Å². The predicted octanol–water partition coefficient (Wildman–Crippen LogP) is 5.09. The Balaban J connectivity index is 1.80. The van der Waals surface area contributed by atoms with Crippen LogP contribution in [0.3, 0.4) is 0 Å². The fraction of sp³-hybridized carbons (Fsp3) is 0.696. The number of likely N-dealkylation sites (tertiary alicyclic amines) is 1. The monoisotopic (exact) mass is 406 g/mol. The number of amides is 1. The lowest BCUT2D eigenvalue weighted by Crippen LogP contribution is -2.41. The van der Waals surface area contributed by atoms with Crippen LogP contribution < -0.4 is 10.1 Å². The summed E-state index contributed by atoms with van der Waals surface area (Å²) in [4.78, 5) is 14.8. The van der Waals surface area contributed by atoms with Crippen molar-refractivity contribution in [1.29, 1.82) is 0 Å². The van der Waals surface area contributed by atoms with Gasteiger partial charge in [0.1, 0.15) is 11.9 Å². The molecule has 1 N–H and O–H groups in total. The van der Waals surface area contributed by atoms with Crippen LogP contribution in [0.1, 0.15) is 58.8 Å². The Labute approximate surface area is 175 Å². The van der Waals surface area contributed by atoms with Gasteiger partial charge in [-0.2, -0.15) is 0 Å². The van der Waals surface area contributed by atoms with Crippen molar-refractivity contribution >= 4 is 11.8 Å². The maximum Gasteiger partial charge on any atom is 0.412 e. The molecule has 1 unspecified atom stereocenters. The lowest BCUT2D eigenvalue weighted by molar-refractivity contribution is 0.00821. The minimum Gasteiger partial charge on any atom is -0.494 e. The molecule has 1 aliphatic heterocycles. The van der Waals surface area contributed by atoms with Crippen molar-refractivity contribution in [3.05, 3.63) is 24.3 Å². The average molecular weight is 407 g/mol. The molecular weight excluding hydrogens is 368 g/mol. The van der Waals surface area contributed by atoms with Gasteiger partial charge in [0, 0.05) is 24.9 Å². The maximum absolute atomic E-state index is 12.4. The number of benzene rings is 1. The molecular formula is C23H38N2O4. The van der Waals surface area contributed by atoms with Crippen molar-refractivity contribution in [3.63, 3.8) is 0 Å². The molecule has 1 amide bonds. The zero-order valence-corrected chi connectivity index (χ0v) is 18.2. The van der Waals surface area contributed by atoms with E-state index in [2.05, 4.69) is 17.1 Å². The highest BCUT2D eigenvalue weighted by Crippen LogP contribution is 2.18. The van der Waals surface area contributed by atoms with Crippen LogP contribution in [0.25, 0.3) is 0 Å². The first-order valence-corrected chi connectivity index (χ1v) is 11.2. The molecule has 6 nitrogen and oxygen atoms in total. The number of rotatable bonds is 13. The van der Waals surface area contributed by atoms with Crippen molar-refractivity contribution in [1.82, 2.24) is 4.90 Å². The van der Waals surface area contributed by atoms with Crippen LogP contribution >= 0.6 is 0 Å². The highest BCUT2D eigenvalue weighted by Gasteiger charge is 2.20. The molecule has 1 aromatic rings. The van der Waals surface area contributed by atoms with Gasteiger partial charge in [0.15, 0.2) is 0 Å². The van der Waals surface area contributed by atoms with Crippen LogP contribution in [0.5, 0.6) is 5.75 Å². The summed E-state index contributed by atoms with van der Waals surface area (Å²) < 4.78 is 17.0. The Morgan fingerprint density at radius 1 is 1.14 bits per heavy atom. The van der Waals surface area contributed by atoms with E-state index in [1.165, 1.54) is 38.5 Å². The van der Waals surface area contributed by atoms with Crippen molar-refractivity contribution in [2.24, 2.45) is 0 Å². The van der Waals surface area contributed by atoms with Crippen LogP contribution in [-0.2, 0) is 9.47 Å². The summed E-state index contributed by atoms with van der Waals surface area (Å²) in [5.74, 6) is 0.762. The number of anilines is 1. The molecule has 0 saturated carbocycles. The van der Waals surface area contributed by atoms with Crippen molar-refractivity contribution in [3.8, 4) is 5.75 Å². The molecule has 0 aromatic heterocycles. The van der Waals surface area contributed by atoms with Gasteiger partial charge < -0.3 is 14.2 Å². The van der Waals surface area contributed by atoms with Crippen LogP contribution in [0, 0.1) is 0 Å². The largest absolute Gasteiger partial charge is 0.494 e. The summed E-state index contributed by atoms with van der Waals surface area (Å²) in [7, 11) is 0. The Morgan fingerprint density at radius 2 is 1.97 bits per heavy atom. The summed E-state index contributed by atoms with van der Waals surface area (Å²) in [6, 6.07) is 7.46. The Bertz CT molecular complexity index is 576. The number of hydrogen-bond acceptors (Lipinski definition) is 5. The summed E-state index contributed by atoms with van der Waals surface area (Å²) in [6.45, 7) is 8.71. The second kappa shape index (κ2) is 14.2. The molecule has 0 spiro atoms. The minimum absolute atomic E-state index is 0.272. The summed E-state index contributed by atoms with van der Waals surface area (Å²) in [5, 5.41) is 2.82. The lowest BCUT2D eigenvalue weighted by atomic mass is 10.1. The number of nitrogens with zero attached hydrogens (tertiary/aromatic N) is 1. The smallest absolute Gasteiger partial charge is 0.412 e. The Hall–Kier alpha value is -1.79. The number of piperidine rings is 1. The van der Waals surface area contributed by atoms with Gasteiger partial charge in [-0.15, -0.1) is 0 Å². The molecule has 1 saturated heterocycles. The van der Waals surface area contributed by atoms with Gasteiger partial charge in [-0.3, -0.25) is 10.2 Å². The minimum atomic E-state index is -0.452. The molecule has 1 aromatic carbocycles. The summed E-state index contributed by atoms with van der Waals surface area (Å²) in [5.41, 5.74) is 0.675. The van der Waals surface area contributed by atoms with Gasteiger partial charge in [0.2, 0.25) is 0 Å². The Kier molecular flexibility index (Phi) is 11.5. The van der Waals surface area contributed by atoms with E-state index in [4.69, 9.17) is 14.2 Å². The number of carbonyl (C=O) groups excluding carboxylic acids is 1. The molecule has 0 aliphatic carbocycles. The molecule has 1 aliphatic rings. The Morgan fingerprint density at radius 3 is 2.72 bits per heavy atom. The fourth-order valence-corrected chi connectivity index (χ4v) is 3.48. The van der Waals surface area contributed by atoms with E-state index in [-0.39, 0.29) is 6.10 Å².